The molecule has 0 atom stereocenters. The largest absolute Gasteiger partial charge is 0.377 e. The summed E-state index contributed by atoms with van der Waals surface area (Å²) in [4.78, 5) is 19.4. The first kappa shape index (κ1) is 18.7. The summed E-state index contributed by atoms with van der Waals surface area (Å²) >= 11 is 1.62. The van der Waals surface area contributed by atoms with Gasteiger partial charge >= 0.3 is 0 Å². The van der Waals surface area contributed by atoms with Gasteiger partial charge in [-0.1, -0.05) is 12.2 Å². The highest BCUT2D eigenvalue weighted by Gasteiger charge is 2.18. The van der Waals surface area contributed by atoms with Gasteiger partial charge in [0, 0.05) is 24.2 Å². The van der Waals surface area contributed by atoms with Gasteiger partial charge in [-0.05, 0) is 43.4 Å². The topological polar surface area (TPSA) is 60.8 Å². The standard InChI is InChI=1S/C22H22N4OS/c1-2-11-27-12-5-8-16-6-3-9-18-21(16)26-19(14-24-18)20-15-25-22(28-20)17-7-4-10-23-13-17/h2,4,7-8,10,13-15H,1,3,5-6,9,11-12H2/b16-8+. The molecule has 0 radical (unpaired) electrons. The van der Waals surface area contributed by atoms with E-state index in [9.17, 15) is 0 Å². The molecule has 1 aliphatic carbocycles. The summed E-state index contributed by atoms with van der Waals surface area (Å²) in [6, 6.07) is 3.94. The Morgan fingerprint density at radius 2 is 2.14 bits per heavy atom. The third-order valence-electron chi connectivity index (χ3n) is 4.57. The fourth-order valence-corrected chi connectivity index (χ4v) is 4.10. The van der Waals surface area contributed by atoms with Crippen LogP contribution in [0, 0.1) is 0 Å². The van der Waals surface area contributed by atoms with E-state index in [1.807, 2.05) is 30.7 Å². The molecule has 3 heterocycles. The van der Waals surface area contributed by atoms with Crippen molar-refractivity contribution in [2.75, 3.05) is 13.2 Å². The van der Waals surface area contributed by atoms with Gasteiger partial charge in [0.2, 0.25) is 0 Å². The van der Waals surface area contributed by atoms with Crippen molar-refractivity contribution in [1.29, 1.82) is 0 Å². The van der Waals surface area contributed by atoms with Crippen molar-refractivity contribution >= 4 is 16.9 Å². The van der Waals surface area contributed by atoms with Crippen molar-refractivity contribution in [2.45, 2.75) is 25.7 Å². The van der Waals surface area contributed by atoms with Crippen LogP contribution in [-0.4, -0.2) is 33.1 Å². The number of nitrogens with zero attached hydrogens (tertiary/aromatic N) is 4. The number of aryl methyl sites for hydroxylation is 1. The first-order valence-electron chi connectivity index (χ1n) is 9.45. The monoisotopic (exact) mass is 390 g/mol. The third-order valence-corrected chi connectivity index (χ3v) is 5.64. The average Bonchev–Trinajstić information content (AvgIpc) is 3.24. The van der Waals surface area contributed by atoms with Gasteiger partial charge in [-0.3, -0.25) is 9.97 Å². The molecular weight excluding hydrogens is 368 g/mol. The Hall–Kier alpha value is -2.70. The van der Waals surface area contributed by atoms with Gasteiger partial charge in [0.25, 0.3) is 0 Å². The van der Waals surface area contributed by atoms with E-state index in [-0.39, 0.29) is 0 Å². The van der Waals surface area contributed by atoms with Crippen LogP contribution < -0.4 is 0 Å². The summed E-state index contributed by atoms with van der Waals surface area (Å²) in [5, 5.41) is 0.942. The van der Waals surface area contributed by atoms with Crippen molar-refractivity contribution in [3.63, 3.8) is 0 Å². The minimum Gasteiger partial charge on any atom is -0.377 e. The van der Waals surface area contributed by atoms with E-state index in [1.165, 1.54) is 5.57 Å². The molecule has 3 aromatic heterocycles. The molecule has 6 heteroatoms. The molecule has 4 rings (SSSR count). The molecule has 5 nitrogen and oxygen atoms in total. The number of hydrogen-bond acceptors (Lipinski definition) is 6. The van der Waals surface area contributed by atoms with Gasteiger partial charge in [-0.25, -0.2) is 9.97 Å². The zero-order valence-electron chi connectivity index (χ0n) is 15.7. The van der Waals surface area contributed by atoms with Gasteiger partial charge in [-0.2, -0.15) is 0 Å². The van der Waals surface area contributed by atoms with Crippen LogP contribution in [0.15, 0.2) is 55.7 Å². The highest BCUT2D eigenvalue weighted by molar-refractivity contribution is 7.18. The van der Waals surface area contributed by atoms with Crippen LogP contribution in [0.5, 0.6) is 0 Å². The number of rotatable bonds is 7. The molecule has 1 aliphatic rings. The maximum Gasteiger partial charge on any atom is 0.125 e. The highest BCUT2D eigenvalue weighted by atomic mass is 32.1. The number of fused-ring (bicyclic) bond motifs is 1. The number of thiazole rings is 1. The Morgan fingerprint density at radius 3 is 3.00 bits per heavy atom. The van der Waals surface area contributed by atoms with Crippen LogP contribution in [-0.2, 0) is 11.2 Å². The lowest BCUT2D eigenvalue weighted by Gasteiger charge is -2.17. The zero-order chi connectivity index (χ0) is 19.2. The van der Waals surface area contributed by atoms with Crippen molar-refractivity contribution in [2.24, 2.45) is 0 Å². The number of ether oxygens (including phenoxy) is 1. The molecule has 0 fully saturated rings. The van der Waals surface area contributed by atoms with Gasteiger partial charge in [0.15, 0.2) is 0 Å². The summed E-state index contributed by atoms with van der Waals surface area (Å²) in [5.41, 5.74) is 5.29. The normalized spacial score (nSPS) is 14.8. The first-order valence-corrected chi connectivity index (χ1v) is 10.3. The van der Waals surface area contributed by atoms with E-state index < -0.39 is 0 Å². The van der Waals surface area contributed by atoms with Crippen molar-refractivity contribution < 1.29 is 4.74 Å². The van der Waals surface area contributed by atoms with Gasteiger partial charge in [0.1, 0.15) is 10.7 Å². The summed E-state index contributed by atoms with van der Waals surface area (Å²) in [6.07, 6.45) is 15.4. The minimum atomic E-state index is 0.592. The average molecular weight is 391 g/mol. The summed E-state index contributed by atoms with van der Waals surface area (Å²) in [6.45, 7) is 4.96. The number of hydrogen-bond donors (Lipinski definition) is 0. The smallest absolute Gasteiger partial charge is 0.125 e. The fraction of sp³-hybridized carbons (Fsp3) is 0.273. The molecular formula is C22H22N4OS. The molecule has 0 aliphatic heterocycles. The number of aromatic nitrogens is 4. The van der Waals surface area contributed by atoms with E-state index in [2.05, 4.69) is 22.6 Å². The molecule has 3 aromatic rings. The van der Waals surface area contributed by atoms with E-state index in [1.54, 1.807) is 23.6 Å². The van der Waals surface area contributed by atoms with Gasteiger partial charge < -0.3 is 4.74 Å². The van der Waals surface area contributed by atoms with E-state index in [0.717, 1.165) is 58.2 Å². The van der Waals surface area contributed by atoms with Gasteiger partial charge in [-0.15, -0.1) is 17.9 Å². The molecule has 28 heavy (non-hydrogen) atoms. The van der Waals surface area contributed by atoms with Crippen LogP contribution in [0.3, 0.4) is 0 Å². The SMILES string of the molecule is C=CCOCC/C=C1\CCCc2ncc(-c3cnc(-c4cccnc4)s3)nc21. The highest BCUT2D eigenvalue weighted by Crippen LogP contribution is 2.34. The first-order chi connectivity index (χ1) is 13.8. The zero-order valence-corrected chi connectivity index (χ0v) is 16.5. The van der Waals surface area contributed by atoms with Crippen LogP contribution in [0.4, 0.5) is 0 Å². The Kier molecular flexibility index (Phi) is 5.99. The van der Waals surface area contributed by atoms with Crippen molar-refractivity contribution in [3.8, 4) is 21.1 Å². The second kappa shape index (κ2) is 8.99. The van der Waals surface area contributed by atoms with E-state index in [4.69, 9.17) is 14.7 Å². The molecule has 0 bridgehead atoms. The van der Waals surface area contributed by atoms with Crippen LogP contribution in [0.1, 0.15) is 30.7 Å². The molecule has 0 amide bonds. The van der Waals surface area contributed by atoms with Crippen LogP contribution >= 0.6 is 11.3 Å². The second-order valence-electron chi connectivity index (χ2n) is 6.56. The predicted molar refractivity (Wildman–Crippen MR) is 113 cm³/mol. The lowest BCUT2D eigenvalue weighted by molar-refractivity contribution is 0.168. The molecule has 0 saturated heterocycles. The Morgan fingerprint density at radius 1 is 1.18 bits per heavy atom. The maximum atomic E-state index is 5.49. The van der Waals surface area contributed by atoms with E-state index >= 15 is 0 Å². The van der Waals surface area contributed by atoms with Crippen molar-refractivity contribution in [1.82, 2.24) is 19.9 Å². The minimum absolute atomic E-state index is 0.592. The quantitative estimate of drug-likeness (QED) is 0.421. The van der Waals surface area contributed by atoms with Gasteiger partial charge in [0.05, 0.1) is 35.7 Å². The summed E-state index contributed by atoms with van der Waals surface area (Å²) in [7, 11) is 0. The molecule has 0 N–H and O–H groups in total. The maximum absolute atomic E-state index is 5.49. The Balaban J connectivity index is 1.57. The summed E-state index contributed by atoms with van der Waals surface area (Å²) < 4.78 is 5.49. The molecule has 0 unspecified atom stereocenters. The molecule has 0 saturated carbocycles. The van der Waals surface area contributed by atoms with Crippen molar-refractivity contribution in [3.05, 3.63) is 67.0 Å². The fourth-order valence-electron chi connectivity index (χ4n) is 3.23. The number of allylic oxidation sites excluding steroid dienone is 1. The molecule has 0 aromatic carbocycles. The second-order valence-corrected chi connectivity index (χ2v) is 7.59. The lowest BCUT2D eigenvalue weighted by atomic mass is 9.94. The third kappa shape index (κ3) is 4.24. The lowest BCUT2D eigenvalue weighted by Crippen LogP contribution is -2.08. The Labute approximate surface area is 168 Å². The summed E-state index contributed by atoms with van der Waals surface area (Å²) in [5.74, 6) is 0. The Bertz CT molecular complexity index is 981. The number of pyridine rings is 1. The van der Waals surface area contributed by atoms with E-state index in [0.29, 0.717) is 13.2 Å². The molecule has 142 valence electrons. The predicted octanol–water partition coefficient (Wildman–Crippen LogP) is 4.97. The molecule has 0 spiro atoms. The van der Waals surface area contributed by atoms with Crippen LogP contribution in [0.2, 0.25) is 0 Å². The van der Waals surface area contributed by atoms with Crippen LogP contribution in [0.25, 0.3) is 26.7 Å².